The van der Waals surface area contributed by atoms with Gasteiger partial charge in [-0.05, 0) is 36.8 Å². The zero-order valence-electron chi connectivity index (χ0n) is 22.1. The molecule has 0 radical (unpaired) electrons. The van der Waals surface area contributed by atoms with E-state index in [1.54, 1.807) is 36.7 Å². The first-order valence-electron chi connectivity index (χ1n) is 13.1. The first-order chi connectivity index (χ1) is 19.2. The molecule has 1 aliphatic rings. The highest BCUT2D eigenvalue weighted by Crippen LogP contribution is 2.39. The zero-order chi connectivity index (χ0) is 28.3. The van der Waals surface area contributed by atoms with Crippen LogP contribution in [0.4, 0.5) is 29.2 Å². The molecule has 40 heavy (non-hydrogen) atoms. The molecule has 3 N–H and O–H groups in total. The van der Waals surface area contributed by atoms with Crippen LogP contribution in [-0.4, -0.2) is 53.0 Å². The summed E-state index contributed by atoms with van der Waals surface area (Å²) >= 11 is 0. The van der Waals surface area contributed by atoms with Crippen molar-refractivity contribution in [3.05, 3.63) is 66.5 Å². The maximum atomic E-state index is 13.8. The van der Waals surface area contributed by atoms with Gasteiger partial charge in [-0.15, -0.1) is 0 Å². The van der Waals surface area contributed by atoms with E-state index in [0.717, 1.165) is 23.3 Å². The summed E-state index contributed by atoms with van der Waals surface area (Å²) in [5, 5.41) is 10.7. The average molecular weight is 555 g/mol. The normalized spacial score (nSPS) is 18.4. The predicted octanol–water partition coefficient (Wildman–Crippen LogP) is 6.51. The molecule has 1 fully saturated rings. The number of aryl methyl sites for hydroxylation is 1. The highest BCUT2D eigenvalue weighted by molar-refractivity contribution is 5.98. The quantitative estimate of drug-likeness (QED) is 0.214. The molecule has 0 amide bonds. The number of nitrogens with one attached hydrogen (secondary N) is 3. The first-order valence-corrected chi connectivity index (χ1v) is 13.1. The van der Waals surface area contributed by atoms with Crippen LogP contribution in [0.1, 0.15) is 18.9 Å². The van der Waals surface area contributed by atoms with Gasteiger partial charge in [0.05, 0.1) is 17.2 Å². The van der Waals surface area contributed by atoms with Crippen LogP contribution in [-0.2, 0) is 0 Å². The Morgan fingerprint density at radius 3 is 2.67 bits per heavy atom. The molecule has 3 heterocycles. The van der Waals surface area contributed by atoms with Gasteiger partial charge >= 0.3 is 6.18 Å². The van der Waals surface area contributed by atoms with Crippen molar-refractivity contribution >= 4 is 22.4 Å². The summed E-state index contributed by atoms with van der Waals surface area (Å²) < 4.78 is 59.4. The van der Waals surface area contributed by atoms with Crippen molar-refractivity contribution in [3.63, 3.8) is 0 Å². The lowest BCUT2D eigenvalue weighted by Crippen LogP contribution is -2.44. The summed E-state index contributed by atoms with van der Waals surface area (Å²) in [6, 6.07) is 14.3. The van der Waals surface area contributed by atoms with Crippen LogP contribution in [0.25, 0.3) is 22.0 Å². The lowest BCUT2D eigenvalue weighted by atomic mass is 10.0. The van der Waals surface area contributed by atoms with Gasteiger partial charge in [0.15, 0.2) is 0 Å². The van der Waals surface area contributed by atoms with Crippen LogP contribution in [0.15, 0.2) is 60.9 Å². The third-order valence-corrected chi connectivity index (χ3v) is 6.90. The number of anilines is 2. The van der Waals surface area contributed by atoms with Crippen LogP contribution in [0, 0.1) is 12.8 Å². The van der Waals surface area contributed by atoms with Gasteiger partial charge in [-0.2, -0.15) is 13.2 Å². The first kappa shape index (κ1) is 27.6. The molecule has 1 saturated heterocycles. The molecule has 1 aliphatic heterocycles. The molecule has 4 aromatic rings. The lowest BCUT2D eigenvalue weighted by Gasteiger charge is -2.26. The molecule has 7 nitrogen and oxygen atoms in total. The monoisotopic (exact) mass is 554 g/mol. The number of piperidine rings is 1. The van der Waals surface area contributed by atoms with Gasteiger partial charge in [0, 0.05) is 61.0 Å². The SMILES string of the molecule is Cc1ccc2c(NC[C@H](C)C(F)(F)F)cccc2c1Oc1ncccc1-c1ccnc(N[C@@H]2CNC[C@@H](F)C2)n1. The minimum Gasteiger partial charge on any atom is -0.437 e. The molecule has 210 valence electrons. The van der Waals surface area contributed by atoms with Gasteiger partial charge in [0.1, 0.15) is 11.9 Å². The smallest absolute Gasteiger partial charge is 0.393 e. The number of alkyl halides is 4. The largest absolute Gasteiger partial charge is 0.437 e. The Labute approximate surface area is 229 Å². The topological polar surface area (TPSA) is 84.0 Å². The molecule has 11 heteroatoms. The standard InChI is InChI=1S/C29H30F4N6O/c1-17-8-9-21-22(5-3-7-24(21)37-14-18(2)29(31,32)33)26(17)40-27-23(6-4-11-35-27)25-10-12-36-28(39-25)38-20-13-19(30)15-34-16-20/h3-12,18-20,34,37H,13-16H2,1-2H3,(H,36,38,39)/t18-,19-,20-/m0/s1. The number of fused-ring (bicyclic) bond motifs is 1. The van der Waals surface area contributed by atoms with E-state index in [2.05, 4.69) is 30.9 Å². The maximum Gasteiger partial charge on any atom is 0.393 e. The van der Waals surface area contributed by atoms with E-state index < -0.39 is 18.3 Å². The van der Waals surface area contributed by atoms with Gasteiger partial charge < -0.3 is 20.7 Å². The number of rotatable bonds is 8. The van der Waals surface area contributed by atoms with E-state index >= 15 is 0 Å². The molecule has 3 atom stereocenters. The summed E-state index contributed by atoms with van der Waals surface area (Å²) in [5.41, 5.74) is 2.62. The predicted molar refractivity (Wildman–Crippen MR) is 148 cm³/mol. The highest BCUT2D eigenvalue weighted by Gasteiger charge is 2.35. The number of hydrogen-bond acceptors (Lipinski definition) is 7. The van der Waals surface area contributed by atoms with Gasteiger partial charge in [-0.3, -0.25) is 0 Å². The number of nitrogens with zero attached hydrogens (tertiary/aromatic N) is 3. The van der Waals surface area contributed by atoms with E-state index in [4.69, 9.17) is 4.74 Å². The Bertz CT molecular complexity index is 1480. The Balaban J connectivity index is 1.43. The third kappa shape index (κ3) is 6.25. The summed E-state index contributed by atoms with van der Waals surface area (Å²) in [7, 11) is 0. The fraction of sp³-hybridized carbons (Fsp3) is 0.345. The van der Waals surface area contributed by atoms with Crippen LogP contribution in [0.5, 0.6) is 11.6 Å². The van der Waals surface area contributed by atoms with Gasteiger partial charge in [0.25, 0.3) is 0 Å². The van der Waals surface area contributed by atoms with Crippen molar-refractivity contribution < 1.29 is 22.3 Å². The second-order valence-electron chi connectivity index (χ2n) is 9.99. The Morgan fingerprint density at radius 1 is 1.02 bits per heavy atom. The third-order valence-electron chi connectivity index (χ3n) is 6.90. The minimum absolute atomic E-state index is 0.135. The van der Waals surface area contributed by atoms with Gasteiger partial charge in [-0.1, -0.05) is 31.2 Å². The van der Waals surface area contributed by atoms with Crippen molar-refractivity contribution in [3.8, 4) is 22.9 Å². The second-order valence-corrected chi connectivity index (χ2v) is 9.99. The van der Waals surface area contributed by atoms with E-state index in [1.807, 2.05) is 31.2 Å². The molecule has 0 bridgehead atoms. The number of hydrogen-bond donors (Lipinski definition) is 3. The van der Waals surface area contributed by atoms with Crippen molar-refractivity contribution in [2.24, 2.45) is 5.92 Å². The number of benzene rings is 2. The Kier molecular flexibility index (Phi) is 8.02. The summed E-state index contributed by atoms with van der Waals surface area (Å²) in [6.45, 7) is 3.75. The maximum absolute atomic E-state index is 13.8. The van der Waals surface area contributed by atoms with Crippen molar-refractivity contribution in [1.29, 1.82) is 0 Å². The Morgan fingerprint density at radius 2 is 1.88 bits per heavy atom. The number of ether oxygens (including phenoxy) is 1. The molecule has 0 aliphatic carbocycles. The van der Waals surface area contributed by atoms with Crippen molar-refractivity contribution in [2.45, 2.75) is 38.7 Å². The zero-order valence-corrected chi connectivity index (χ0v) is 22.1. The molecule has 0 unspecified atom stereocenters. The van der Waals surface area contributed by atoms with E-state index in [1.165, 1.54) is 0 Å². The summed E-state index contributed by atoms with van der Waals surface area (Å²) in [4.78, 5) is 13.4. The highest BCUT2D eigenvalue weighted by atomic mass is 19.4. The molecule has 0 spiro atoms. The molecule has 2 aromatic heterocycles. The van der Waals surface area contributed by atoms with Gasteiger partial charge in [0.2, 0.25) is 11.8 Å². The van der Waals surface area contributed by atoms with Crippen LogP contribution >= 0.6 is 0 Å². The number of pyridine rings is 1. The minimum atomic E-state index is -4.28. The fourth-order valence-electron chi connectivity index (χ4n) is 4.63. The summed E-state index contributed by atoms with van der Waals surface area (Å²) in [6.07, 6.45) is -1.61. The summed E-state index contributed by atoms with van der Waals surface area (Å²) in [5.74, 6) is -0.270. The van der Waals surface area contributed by atoms with Crippen molar-refractivity contribution in [1.82, 2.24) is 20.3 Å². The van der Waals surface area contributed by atoms with E-state index in [-0.39, 0.29) is 12.6 Å². The molecular weight excluding hydrogens is 524 g/mol. The van der Waals surface area contributed by atoms with Gasteiger partial charge in [-0.25, -0.2) is 19.3 Å². The van der Waals surface area contributed by atoms with Crippen LogP contribution in [0.2, 0.25) is 0 Å². The lowest BCUT2D eigenvalue weighted by molar-refractivity contribution is -0.165. The Hall–Kier alpha value is -3.99. The number of aromatic nitrogens is 3. The number of halogens is 4. The van der Waals surface area contributed by atoms with Crippen LogP contribution in [0.3, 0.4) is 0 Å². The molecular formula is C29H30F4N6O. The average Bonchev–Trinajstić information content (AvgIpc) is 2.93. The molecule has 5 rings (SSSR count). The fourth-order valence-corrected chi connectivity index (χ4v) is 4.63. The second kappa shape index (κ2) is 11.6. The van der Waals surface area contributed by atoms with E-state index in [9.17, 15) is 17.6 Å². The van der Waals surface area contributed by atoms with Crippen molar-refractivity contribution in [2.75, 3.05) is 30.3 Å². The molecule has 0 saturated carbocycles. The van der Waals surface area contributed by atoms with Crippen LogP contribution < -0.4 is 20.7 Å². The molecule has 2 aromatic carbocycles. The van der Waals surface area contributed by atoms with E-state index in [0.29, 0.717) is 54.0 Å².